The van der Waals surface area contributed by atoms with Crippen LogP contribution in [0.15, 0.2) is 42.5 Å². The quantitative estimate of drug-likeness (QED) is 0.657. The van der Waals surface area contributed by atoms with Crippen molar-refractivity contribution in [1.29, 1.82) is 5.26 Å². The van der Waals surface area contributed by atoms with Crippen LogP contribution < -0.4 is 0 Å². The summed E-state index contributed by atoms with van der Waals surface area (Å²) in [7, 11) is 0. The van der Waals surface area contributed by atoms with Crippen LogP contribution in [0.1, 0.15) is 63.0 Å². The van der Waals surface area contributed by atoms with Crippen LogP contribution in [0.3, 0.4) is 0 Å². The van der Waals surface area contributed by atoms with E-state index in [1.165, 1.54) is 56.1 Å². The van der Waals surface area contributed by atoms with Gasteiger partial charge in [0.15, 0.2) is 0 Å². The summed E-state index contributed by atoms with van der Waals surface area (Å²) in [4.78, 5) is 0. The third kappa shape index (κ3) is 3.94. The molecule has 1 fully saturated rings. The number of allylic oxidation sites excluding steroid dienone is 4. The second kappa shape index (κ2) is 7.64. The van der Waals surface area contributed by atoms with Crippen molar-refractivity contribution in [1.82, 2.24) is 0 Å². The number of benzene rings is 1. The van der Waals surface area contributed by atoms with Crippen molar-refractivity contribution >= 4 is 5.57 Å². The van der Waals surface area contributed by atoms with Crippen molar-refractivity contribution in [3.05, 3.63) is 53.6 Å². The maximum absolute atomic E-state index is 8.89. The van der Waals surface area contributed by atoms with Crippen molar-refractivity contribution in [3.63, 3.8) is 0 Å². The molecule has 23 heavy (non-hydrogen) atoms. The monoisotopic (exact) mass is 305 g/mol. The lowest BCUT2D eigenvalue weighted by atomic mass is 9.72. The molecule has 0 spiro atoms. The lowest BCUT2D eigenvalue weighted by molar-refractivity contribution is 0.221. The normalized spacial score (nSPS) is 27.3. The molecule has 1 atom stereocenters. The second-order valence-corrected chi connectivity index (χ2v) is 7.18. The zero-order valence-electron chi connectivity index (χ0n) is 14.2. The van der Waals surface area contributed by atoms with E-state index in [0.717, 1.165) is 23.3 Å². The highest BCUT2D eigenvalue weighted by molar-refractivity contribution is 5.75. The summed E-state index contributed by atoms with van der Waals surface area (Å²) in [6.45, 7) is 2.31. The summed E-state index contributed by atoms with van der Waals surface area (Å²) in [6.07, 6.45) is 16.8. The largest absolute Gasteiger partial charge is 0.192 e. The van der Waals surface area contributed by atoms with Crippen LogP contribution in [0.5, 0.6) is 0 Å². The Kier molecular flexibility index (Phi) is 5.34. The van der Waals surface area contributed by atoms with Gasteiger partial charge in [-0.2, -0.15) is 5.26 Å². The number of hydrogen-bond acceptors (Lipinski definition) is 1. The van der Waals surface area contributed by atoms with Gasteiger partial charge in [-0.25, -0.2) is 0 Å². The first-order valence-corrected chi connectivity index (χ1v) is 9.19. The molecule has 0 heterocycles. The summed E-state index contributed by atoms with van der Waals surface area (Å²) in [5, 5.41) is 8.89. The van der Waals surface area contributed by atoms with E-state index in [0.29, 0.717) is 0 Å². The Labute approximate surface area is 140 Å². The fourth-order valence-electron chi connectivity index (χ4n) is 4.25. The van der Waals surface area contributed by atoms with Crippen molar-refractivity contribution in [2.45, 2.75) is 51.9 Å². The molecule has 1 aromatic carbocycles. The lowest BCUT2D eigenvalue weighted by Gasteiger charge is -2.33. The summed E-state index contributed by atoms with van der Waals surface area (Å²) < 4.78 is 0. The van der Waals surface area contributed by atoms with E-state index in [-0.39, 0.29) is 0 Å². The van der Waals surface area contributed by atoms with Crippen LogP contribution in [0, 0.1) is 29.1 Å². The molecule has 1 unspecified atom stereocenters. The van der Waals surface area contributed by atoms with E-state index < -0.39 is 0 Å². The van der Waals surface area contributed by atoms with Crippen LogP contribution in [0.2, 0.25) is 0 Å². The van der Waals surface area contributed by atoms with Gasteiger partial charge in [-0.1, -0.05) is 63.0 Å². The molecule has 0 bridgehead atoms. The molecule has 1 saturated carbocycles. The average molecular weight is 305 g/mol. The highest BCUT2D eigenvalue weighted by atomic mass is 14.3. The van der Waals surface area contributed by atoms with Gasteiger partial charge in [0.2, 0.25) is 0 Å². The van der Waals surface area contributed by atoms with E-state index in [1.54, 1.807) is 0 Å². The van der Waals surface area contributed by atoms with E-state index in [1.807, 2.05) is 12.1 Å². The Morgan fingerprint density at radius 1 is 1.09 bits per heavy atom. The minimum Gasteiger partial charge on any atom is -0.192 e. The third-order valence-corrected chi connectivity index (χ3v) is 5.67. The molecule has 0 N–H and O–H groups in total. The predicted molar refractivity (Wildman–Crippen MR) is 96.7 cm³/mol. The highest BCUT2D eigenvalue weighted by Gasteiger charge is 2.26. The molecule has 0 aliphatic heterocycles. The van der Waals surface area contributed by atoms with E-state index in [2.05, 4.69) is 43.4 Å². The zero-order chi connectivity index (χ0) is 16.1. The molecule has 120 valence electrons. The van der Waals surface area contributed by atoms with Gasteiger partial charge in [-0.15, -0.1) is 0 Å². The summed E-state index contributed by atoms with van der Waals surface area (Å²) >= 11 is 0. The Morgan fingerprint density at radius 3 is 2.39 bits per heavy atom. The topological polar surface area (TPSA) is 23.8 Å². The fourth-order valence-corrected chi connectivity index (χ4v) is 4.25. The Morgan fingerprint density at radius 2 is 1.83 bits per heavy atom. The minimum absolute atomic E-state index is 0.732. The maximum atomic E-state index is 8.89. The van der Waals surface area contributed by atoms with E-state index >= 15 is 0 Å². The van der Waals surface area contributed by atoms with E-state index in [9.17, 15) is 0 Å². The van der Waals surface area contributed by atoms with Crippen LogP contribution in [-0.2, 0) is 0 Å². The number of rotatable bonds is 4. The molecular formula is C22H27N. The summed E-state index contributed by atoms with van der Waals surface area (Å²) in [5.74, 6) is 2.62. The van der Waals surface area contributed by atoms with Crippen molar-refractivity contribution in [2.24, 2.45) is 17.8 Å². The number of hydrogen-bond donors (Lipinski definition) is 0. The number of nitrogens with zero attached hydrogens (tertiary/aromatic N) is 1. The van der Waals surface area contributed by atoms with Crippen LogP contribution in [-0.4, -0.2) is 0 Å². The smallest absolute Gasteiger partial charge is 0.0991 e. The number of nitriles is 1. The van der Waals surface area contributed by atoms with Crippen LogP contribution >= 0.6 is 0 Å². The van der Waals surface area contributed by atoms with Gasteiger partial charge in [0.25, 0.3) is 0 Å². The molecule has 0 saturated heterocycles. The predicted octanol–water partition coefficient (Wildman–Crippen LogP) is 6.12. The highest BCUT2D eigenvalue weighted by Crippen LogP contribution is 2.39. The first-order valence-electron chi connectivity index (χ1n) is 9.19. The second-order valence-electron chi connectivity index (χ2n) is 7.18. The van der Waals surface area contributed by atoms with Gasteiger partial charge in [0.05, 0.1) is 11.6 Å². The first-order chi connectivity index (χ1) is 11.3. The minimum atomic E-state index is 0.732. The van der Waals surface area contributed by atoms with Crippen molar-refractivity contribution < 1.29 is 0 Å². The molecule has 2 aliphatic rings. The van der Waals surface area contributed by atoms with Gasteiger partial charge >= 0.3 is 0 Å². The Balaban J connectivity index is 1.56. The zero-order valence-corrected chi connectivity index (χ0v) is 14.2. The SMILES string of the molecule is CCCC1CCC(C2C=CC(c3ccc(C#N)cc3)=CC2)CC1. The van der Waals surface area contributed by atoms with Gasteiger partial charge in [-0.05, 0) is 60.3 Å². The third-order valence-electron chi connectivity index (χ3n) is 5.67. The van der Waals surface area contributed by atoms with Crippen LogP contribution in [0.25, 0.3) is 5.57 Å². The molecular weight excluding hydrogens is 278 g/mol. The lowest BCUT2D eigenvalue weighted by Crippen LogP contribution is -2.21. The Hall–Kier alpha value is -1.81. The summed E-state index contributed by atoms with van der Waals surface area (Å²) in [6, 6.07) is 10.1. The van der Waals surface area contributed by atoms with Crippen molar-refractivity contribution in [3.8, 4) is 6.07 Å². The van der Waals surface area contributed by atoms with Crippen molar-refractivity contribution in [2.75, 3.05) is 0 Å². The first kappa shape index (κ1) is 16.1. The summed E-state index contributed by atoms with van der Waals surface area (Å²) in [5.41, 5.74) is 3.27. The molecule has 3 rings (SSSR count). The van der Waals surface area contributed by atoms with Gasteiger partial charge < -0.3 is 0 Å². The van der Waals surface area contributed by atoms with Gasteiger partial charge in [0, 0.05) is 0 Å². The fraction of sp³-hybridized carbons (Fsp3) is 0.500. The molecule has 1 nitrogen and oxygen atoms in total. The van der Waals surface area contributed by atoms with Gasteiger partial charge in [0.1, 0.15) is 0 Å². The molecule has 0 amide bonds. The standard InChI is InChI=1S/C22H27N/c1-2-3-17-4-8-19(9-5-17)21-12-14-22(15-13-21)20-10-6-18(16-23)7-11-20/h6-7,10-12,14-15,17,19,21H,2-5,8-9,13H2,1H3. The molecule has 2 aliphatic carbocycles. The molecule has 1 heteroatoms. The maximum Gasteiger partial charge on any atom is 0.0991 e. The Bertz CT molecular complexity index is 606. The van der Waals surface area contributed by atoms with Gasteiger partial charge in [-0.3, -0.25) is 0 Å². The average Bonchev–Trinajstić information content (AvgIpc) is 2.63. The molecule has 0 aromatic heterocycles. The van der Waals surface area contributed by atoms with E-state index in [4.69, 9.17) is 5.26 Å². The van der Waals surface area contributed by atoms with Crippen LogP contribution in [0.4, 0.5) is 0 Å². The molecule has 0 radical (unpaired) electrons. The molecule has 1 aromatic rings.